The van der Waals surface area contributed by atoms with Crippen molar-refractivity contribution in [3.8, 4) is 0 Å². The third-order valence-electron chi connectivity index (χ3n) is 4.31. The number of hydrogen-bond donors (Lipinski definition) is 3. The van der Waals surface area contributed by atoms with Crippen molar-refractivity contribution in [2.75, 3.05) is 69.5 Å². The van der Waals surface area contributed by atoms with Crippen LogP contribution in [0.25, 0.3) is 0 Å². The Kier molecular flexibility index (Phi) is 14.1. The van der Waals surface area contributed by atoms with Gasteiger partial charge in [0.2, 0.25) is 0 Å². The van der Waals surface area contributed by atoms with Gasteiger partial charge in [-0.05, 0) is 20.6 Å². The Balaban J connectivity index is 0. The second-order valence-corrected chi connectivity index (χ2v) is 12.0. The van der Waals surface area contributed by atoms with Crippen LogP contribution >= 0.6 is 0 Å². The molecule has 0 aliphatic carbocycles. The molecule has 0 heterocycles. The van der Waals surface area contributed by atoms with E-state index in [4.69, 9.17) is 0 Å². The molecule has 0 bridgehead atoms. The molecule has 134 valence electrons. The van der Waals surface area contributed by atoms with Crippen LogP contribution in [0.15, 0.2) is 30.3 Å². The molecule has 0 aliphatic rings. The molecule has 3 N–H and O–H groups in total. The fraction of sp³-hybridized carbons (Fsp3) is 0.611. The first-order valence-electron chi connectivity index (χ1n) is 8.56. The molecule has 0 radical (unpaired) electrons. The first-order chi connectivity index (χ1) is 10.6. The van der Waals surface area contributed by atoms with Crippen molar-refractivity contribution in [1.82, 2.24) is 4.57 Å². The molecule has 0 fully saturated rings. The van der Waals surface area contributed by atoms with E-state index in [-0.39, 0.29) is 18.9 Å². The zero-order valence-corrected chi connectivity index (χ0v) is 18.8. The largest absolute Gasteiger partial charge is 1.00 e. The molecule has 0 aliphatic heterocycles. The van der Waals surface area contributed by atoms with Gasteiger partial charge >= 0.3 is 27.3 Å². The standard InChI is InChI=1S/C12H21N2Si.C6H16N2.Li/c1-13(2)15(5,14(3)4)11-12-9-7-6-8-10-12;1-7(2)5-6-8(3)4;/h6-11H,1-5H3;5-6H2,1-4H3;/q-1;;+1/p+3. The van der Waals surface area contributed by atoms with Crippen molar-refractivity contribution < 1.29 is 33.2 Å². The number of rotatable bonds is 7. The summed E-state index contributed by atoms with van der Waals surface area (Å²) in [5.74, 6) is 0. The molecule has 0 aromatic heterocycles. The van der Waals surface area contributed by atoms with E-state index in [1.807, 2.05) is 0 Å². The third-order valence-corrected chi connectivity index (χ3v) is 9.09. The van der Waals surface area contributed by atoms with Crippen LogP contribution in [0, 0.1) is 6.04 Å². The number of quaternary nitrogens is 3. The van der Waals surface area contributed by atoms with E-state index in [9.17, 15) is 0 Å². The minimum atomic E-state index is -1.52. The monoisotopic (exact) mass is 347 g/mol. The van der Waals surface area contributed by atoms with Crippen LogP contribution in [0.3, 0.4) is 0 Å². The zero-order valence-electron chi connectivity index (χ0n) is 17.8. The quantitative estimate of drug-likeness (QED) is 0.332. The fourth-order valence-corrected chi connectivity index (χ4v) is 4.38. The van der Waals surface area contributed by atoms with Gasteiger partial charge < -0.3 is 14.4 Å². The summed E-state index contributed by atoms with van der Waals surface area (Å²) < 4.78 is 3.92. The normalized spacial score (nSPS) is 13.4. The van der Waals surface area contributed by atoms with Crippen LogP contribution < -0.4 is 33.2 Å². The molecule has 1 rings (SSSR count). The summed E-state index contributed by atoms with van der Waals surface area (Å²) in [5, 5.41) is 0. The molecule has 6 heteroatoms. The van der Waals surface area contributed by atoms with Gasteiger partial charge in [0.05, 0.1) is 42.3 Å². The maximum atomic E-state index is 2.45. The Bertz CT molecular complexity index is 395. The predicted molar refractivity (Wildman–Crippen MR) is 103 cm³/mol. The van der Waals surface area contributed by atoms with Gasteiger partial charge in [-0.1, -0.05) is 6.07 Å². The zero-order chi connectivity index (χ0) is 18.0. The van der Waals surface area contributed by atoms with Gasteiger partial charge in [-0.15, -0.1) is 18.2 Å². The topological polar surface area (TPSA) is 16.6 Å². The summed E-state index contributed by atoms with van der Waals surface area (Å²) in [6.45, 7) is 4.92. The third kappa shape index (κ3) is 10.6. The molecule has 0 saturated heterocycles. The van der Waals surface area contributed by atoms with Crippen molar-refractivity contribution in [3.63, 3.8) is 0 Å². The van der Waals surface area contributed by atoms with Crippen molar-refractivity contribution >= 4 is 8.40 Å². The Morgan fingerprint density at radius 2 is 1.29 bits per heavy atom. The van der Waals surface area contributed by atoms with E-state index in [1.54, 1.807) is 0 Å². The van der Waals surface area contributed by atoms with Crippen molar-refractivity contribution in [3.05, 3.63) is 41.9 Å². The molecule has 0 amide bonds. The van der Waals surface area contributed by atoms with Gasteiger partial charge in [0.1, 0.15) is 13.1 Å². The van der Waals surface area contributed by atoms with Crippen LogP contribution in [0.2, 0.25) is 6.55 Å². The summed E-state index contributed by atoms with van der Waals surface area (Å²) in [4.78, 5) is 3.07. The minimum Gasteiger partial charge on any atom is -0.393 e. The molecule has 1 unspecified atom stereocenters. The molecule has 1 aromatic carbocycles. The number of likely N-dealkylation sites (N-methyl/N-ethyl adjacent to an activating group) is 2. The maximum absolute atomic E-state index is 2.45. The van der Waals surface area contributed by atoms with Gasteiger partial charge in [0, 0.05) is 0 Å². The maximum Gasteiger partial charge on any atom is 1.00 e. The average molecular weight is 348 g/mol. The number of nitrogens with zero attached hydrogens (tertiary/aromatic N) is 1. The second kappa shape index (κ2) is 13.0. The van der Waals surface area contributed by atoms with Crippen molar-refractivity contribution in [2.45, 2.75) is 6.55 Å². The first kappa shape index (κ1) is 26.0. The molecule has 24 heavy (non-hydrogen) atoms. The average Bonchev–Trinajstić information content (AvgIpc) is 2.46. The summed E-state index contributed by atoms with van der Waals surface area (Å²) in [6.07, 6.45) is 0. The molecule has 1 atom stereocenters. The van der Waals surface area contributed by atoms with Gasteiger partial charge in [0.15, 0.2) is 0 Å². The van der Waals surface area contributed by atoms with E-state index in [0.29, 0.717) is 0 Å². The first-order valence-corrected chi connectivity index (χ1v) is 11.1. The van der Waals surface area contributed by atoms with E-state index in [1.165, 1.54) is 33.0 Å². The second-order valence-electron chi connectivity index (χ2n) is 7.51. The van der Waals surface area contributed by atoms with Gasteiger partial charge in [0.25, 0.3) is 0 Å². The molecule has 0 saturated carbocycles. The van der Waals surface area contributed by atoms with Crippen LogP contribution in [0.4, 0.5) is 0 Å². The van der Waals surface area contributed by atoms with E-state index in [2.05, 4.69) is 104 Å². The minimum absolute atomic E-state index is 0. The molecular formula is C18H40LiN4Si+3. The smallest absolute Gasteiger partial charge is 0.393 e. The summed E-state index contributed by atoms with van der Waals surface area (Å²) in [6, 6.07) is 13.1. The SMILES string of the molecule is CN(C)[Si](C)([CH-]c1ccccc1)[NH+](C)C.C[NH+](C)CC[NH+](C)C.[Li+]. The Hall–Kier alpha value is -0.256. The fourth-order valence-electron chi connectivity index (χ4n) is 2.09. The number of nitrogens with one attached hydrogen (secondary N) is 3. The van der Waals surface area contributed by atoms with Gasteiger partial charge in [-0.25, -0.2) is 0 Å². The Labute approximate surface area is 164 Å². The molecular weight excluding hydrogens is 307 g/mol. The summed E-state index contributed by atoms with van der Waals surface area (Å²) in [5.41, 5.74) is 1.33. The molecule has 0 spiro atoms. The van der Waals surface area contributed by atoms with E-state index >= 15 is 0 Å². The van der Waals surface area contributed by atoms with Gasteiger partial charge in [-0.3, -0.25) is 4.57 Å². The number of benzene rings is 1. The van der Waals surface area contributed by atoms with Crippen molar-refractivity contribution in [2.24, 2.45) is 0 Å². The van der Waals surface area contributed by atoms with Crippen molar-refractivity contribution in [1.29, 1.82) is 0 Å². The Morgan fingerprint density at radius 1 is 0.875 bits per heavy atom. The van der Waals surface area contributed by atoms with Crippen LogP contribution in [0.1, 0.15) is 5.56 Å². The van der Waals surface area contributed by atoms with Gasteiger partial charge in [-0.2, -0.15) is 17.7 Å². The predicted octanol–water partition coefficient (Wildman–Crippen LogP) is -5.16. The molecule has 1 aromatic rings. The summed E-state index contributed by atoms with van der Waals surface area (Å²) >= 11 is 0. The van der Waals surface area contributed by atoms with E-state index in [0.717, 1.165) is 0 Å². The Morgan fingerprint density at radius 3 is 1.58 bits per heavy atom. The molecule has 4 nitrogen and oxygen atoms in total. The van der Waals surface area contributed by atoms with Crippen LogP contribution in [-0.2, 0) is 0 Å². The summed E-state index contributed by atoms with van der Waals surface area (Å²) in [7, 11) is 16.1. The number of hydrogen-bond acceptors (Lipinski definition) is 1. The van der Waals surface area contributed by atoms with Crippen LogP contribution in [0.5, 0.6) is 0 Å². The van der Waals surface area contributed by atoms with E-state index < -0.39 is 8.40 Å². The van der Waals surface area contributed by atoms with Crippen LogP contribution in [-0.4, -0.2) is 82.4 Å².